The second-order valence-corrected chi connectivity index (χ2v) is 11.8. The molecule has 9 nitrogen and oxygen atoms in total. The maximum Gasteiger partial charge on any atom is 0.248 e. The lowest BCUT2D eigenvalue weighted by atomic mass is 9.91. The number of piperazine rings is 1. The molecule has 30 heavy (non-hydrogen) atoms. The summed E-state index contributed by atoms with van der Waals surface area (Å²) in [7, 11) is -3.42. The molecule has 1 atom stereocenters. The van der Waals surface area contributed by atoms with Crippen molar-refractivity contribution in [3.05, 3.63) is 10.5 Å². The fourth-order valence-corrected chi connectivity index (χ4v) is 6.56. The van der Waals surface area contributed by atoms with Crippen LogP contribution in [0.5, 0.6) is 0 Å². The van der Waals surface area contributed by atoms with Crippen molar-refractivity contribution in [3.8, 4) is 0 Å². The van der Waals surface area contributed by atoms with Gasteiger partial charge in [0.05, 0.1) is 18.0 Å². The first-order valence-electron chi connectivity index (χ1n) is 10.1. The lowest BCUT2D eigenvalue weighted by Gasteiger charge is -2.39. The van der Waals surface area contributed by atoms with Crippen molar-refractivity contribution in [1.82, 2.24) is 14.2 Å². The molecular formula is C18H25ClN4O5S2. The van der Waals surface area contributed by atoms with Crippen LogP contribution in [0.2, 0.25) is 4.34 Å². The van der Waals surface area contributed by atoms with Crippen molar-refractivity contribution in [2.75, 3.05) is 38.2 Å². The molecule has 0 unspecified atom stereocenters. The molecule has 0 spiro atoms. The van der Waals surface area contributed by atoms with E-state index in [1.165, 1.54) is 15.4 Å². The number of nitrogens with zero attached hydrogens (tertiary/aromatic N) is 3. The summed E-state index contributed by atoms with van der Waals surface area (Å²) in [6, 6.07) is -0.686. The van der Waals surface area contributed by atoms with Crippen LogP contribution in [0.3, 0.4) is 0 Å². The summed E-state index contributed by atoms with van der Waals surface area (Å²) >= 11 is 7.06. The van der Waals surface area contributed by atoms with Crippen LogP contribution >= 0.6 is 22.9 Å². The Morgan fingerprint density at radius 2 is 2.03 bits per heavy atom. The van der Waals surface area contributed by atoms with Crippen LogP contribution in [0.1, 0.15) is 32.1 Å². The second-order valence-electron chi connectivity index (χ2n) is 7.93. The van der Waals surface area contributed by atoms with Gasteiger partial charge in [-0.2, -0.15) is 4.31 Å². The van der Waals surface area contributed by atoms with Crippen LogP contribution in [0.4, 0.5) is 5.13 Å². The van der Waals surface area contributed by atoms with Crippen LogP contribution < -0.4 is 5.32 Å². The van der Waals surface area contributed by atoms with Crippen LogP contribution in [0.15, 0.2) is 6.20 Å². The van der Waals surface area contributed by atoms with Crippen LogP contribution in [0.25, 0.3) is 0 Å². The third kappa shape index (κ3) is 4.96. The van der Waals surface area contributed by atoms with Gasteiger partial charge in [-0.15, -0.1) is 0 Å². The Bertz CT molecular complexity index is 898. The molecule has 1 saturated carbocycles. The Hall–Kier alpha value is -1.27. The number of ether oxygens (including phenoxy) is 1. The average molecular weight is 477 g/mol. The molecule has 12 heteroatoms. The lowest BCUT2D eigenvalue weighted by Crippen LogP contribution is -2.58. The molecule has 3 fully saturated rings. The zero-order chi connectivity index (χ0) is 21.3. The number of sulfonamides is 1. The van der Waals surface area contributed by atoms with Crippen molar-refractivity contribution in [3.63, 3.8) is 0 Å². The number of aromatic nitrogens is 1. The lowest BCUT2D eigenvalue weighted by molar-refractivity contribution is -0.142. The number of amides is 2. The molecule has 1 aliphatic carbocycles. The first-order valence-corrected chi connectivity index (χ1v) is 12.8. The summed E-state index contributed by atoms with van der Waals surface area (Å²) in [5.41, 5.74) is 0. The van der Waals surface area contributed by atoms with Gasteiger partial charge < -0.3 is 15.0 Å². The monoisotopic (exact) mass is 476 g/mol. The zero-order valence-electron chi connectivity index (χ0n) is 16.5. The Kier molecular flexibility index (Phi) is 6.64. The maximum absolute atomic E-state index is 13.1. The van der Waals surface area contributed by atoms with E-state index in [2.05, 4.69) is 10.3 Å². The van der Waals surface area contributed by atoms with Gasteiger partial charge in [-0.05, 0) is 38.0 Å². The molecule has 1 aromatic rings. The highest BCUT2D eigenvalue weighted by atomic mass is 35.5. The number of rotatable bonds is 7. The first kappa shape index (κ1) is 21.9. The SMILES string of the molecule is O=C(Nc1ncc(Cl)s1)[C@H](CC1CCOCC1)N1CCN(S(=O)(=O)C2CC2)CC1=O. The van der Waals surface area contributed by atoms with Crippen LogP contribution in [-0.4, -0.2) is 78.6 Å². The number of hydrogen-bond donors (Lipinski definition) is 1. The topological polar surface area (TPSA) is 109 Å². The predicted octanol–water partition coefficient (Wildman–Crippen LogP) is 1.56. The van der Waals surface area contributed by atoms with Crippen molar-refractivity contribution >= 4 is 49.9 Å². The van der Waals surface area contributed by atoms with E-state index in [1.807, 2.05) is 0 Å². The maximum atomic E-state index is 13.1. The molecule has 3 heterocycles. The van der Waals surface area contributed by atoms with E-state index in [4.69, 9.17) is 16.3 Å². The number of carbonyl (C=O) groups excluding carboxylic acids is 2. The van der Waals surface area contributed by atoms with Crippen LogP contribution in [0, 0.1) is 5.92 Å². The van der Waals surface area contributed by atoms with E-state index >= 15 is 0 Å². The summed E-state index contributed by atoms with van der Waals surface area (Å²) in [6.45, 7) is 1.49. The molecular weight excluding hydrogens is 452 g/mol. The number of thiazole rings is 1. The Morgan fingerprint density at radius 3 is 2.63 bits per heavy atom. The van der Waals surface area contributed by atoms with Crippen molar-refractivity contribution in [2.24, 2.45) is 5.92 Å². The minimum absolute atomic E-state index is 0.199. The molecule has 1 aromatic heterocycles. The quantitative estimate of drug-likeness (QED) is 0.639. The average Bonchev–Trinajstić information content (AvgIpc) is 3.51. The van der Waals surface area contributed by atoms with E-state index in [1.54, 1.807) is 0 Å². The van der Waals surface area contributed by atoms with Gasteiger partial charge in [0.25, 0.3) is 0 Å². The molecule has 0 aromatic carbocycles. The Balaban J connectivity index is 1.48. The highest BCUT2D eigenvalue weighted by molar-refractivity contribution is 7.90. The molecule has 0 radical (unpaired) electrons. The number of anilines is 1. The smallest absolute Gasteiger partial charge is 0.248 e. The minimum Gasteiger partial charge on any atom is -0.381 e. The van der Waals surface area contributed by atoms with Gasteiger partial charge in [0.1, 0.15) is 10.4 Å². The summed E-state index contributed by atoms with van der Waals surface area (Å²) in [4.78, 5) is 31.6. The molecule has 166 valence electrons. The third-order valence-corrected chi connectivity index (χ3v) is 9.19. The second kappa shape index (κ2) is 9.07. The number of halogens is 1. The normalized spacial score (nSPS) is 22.8. The molecule has 3 aliphatic rings. The zero-order valence-corrected chi connectivity index (χ0v) is 18.8. The van der Waals surface area contributed by atoms with Gasteiger partial charge >= 0.3 is 0 Å². The van der Waals surface area contributed by atoms with Crippen molar-refractivity contribution in [2.45, 2.75) is 43.4 Å². The molecule has 0 bridgehead atoms. The van der Waals surface area contributed by atoms with E-state index < -0.39 is 16.1 Å². The largest absolute Gasteiger partial charge is 0.381 e. The summed E-state index contributed by atoms with van der Waals surface area (Å²) in [5, 5.41) is 2.79. The van der Waals surface area contributed by atoms with Gasteiger partial charge in [-0.3, -0.25) is 9.59 Å². The molecule has 2 amide bonds. The summed E-state index contributed by atoms with van der Waals surface area (Å²) in [6.07, 6.45) is 4.94. The van der Waals surface area contributed by atoms with E-state index in [-0.39, 0.29) is 42.6 Å². The fourth-order valence-electron chi connectivity index (χ4n) is 3.96. The van der Waals surface area contributed by atoms with Gasteiger partial charge in [0.2, 0.25) is 21.8 Å². The Morgan fingerprint density at radius 1 is 1.30 bits per heavy atom. The van der Waals surface area contributed by atoms with E-state index in [0.717, 1.165) is 24.2 Å². The molecule has 1 N–H and O–H groups in total. The number of carbonyl (C=O) groups is 2. The third-order valence-electron chi connectivity index (χ3n) is 5.81. The highest BCUT2D eigenvalue weighted by Gasteiger charge is 2.44. The first-order chi connectivity index (χ1) is 14.3. The van der Waals surface area contributed by atoms with Crippen molar-refractivity contribution in [1.29, 1.82) is 0 Å². The van der Waals surface area contributed by atoms with Crippen molar-refractivity contribution < 1.29 is 22.7 Å². The van der Waals surface area contributed by atoms with Crippen LogP contribution in [-0.2, 0) is 24.3 Å². The molecule has 2 saturated heterocycles. The number of nitrogens with one attached hydrogen (secondary N) is 1. The summed E-state index contributed by atoms with van der Waals surface area (Å²) in [5.74, 6) is -0.398. The summed E-state index contributed by atoms with van der Waals surface area (Å²) < 4.78 is 32.2. The standard InChI is InChI=1S/C18H25ClN4O5S2/c19-15-10-20-18(29-15)21-17(25)14(9-12-3-7-28-8-4-12)23-6-5-22(11-16(23)24)30(26,27)13-1-2-13/h10,12-14H,1-9,11H2,(H,20,21,25)/t14-/m0/s1. The predicted molar refractivity (Wildman–Crippen MR) is 113 cm³/mol. The highest BCUT2D eigenvalue weighted by Crippen LogP contribution is 2.32. The van der Waals surface area contributed by atoms with Gasteiger partial charge in [-0.1, -0.05) is 22.9 Å². The molecule has 2 aliphatic heterocycles. The van der Waals surface area contributed by atoms with Gasteiger partial charge in [0, 0.05) is 26.3 Å². The molecule has 4 rings (SSSR count). The van der Waals surface area contributed by atoms with Gasteiger partial charge in [-0.25, -0.2) is 13.4 Å². The van der Waals surface area contributed by atoms with E-state index in [9.17, 15) is 18.0 Å². The Labute approximate surface area is 184 Å². The minimum atomic E-state index is -3.42. The van der Waals surface area contributed by atoms with E-state index in [0.29, 0.717) is 41.9 Å². The fraction of sp³-hybridized carbons (Fsp3) is 0.722. The van der Waals surface area contributed by atoms with Gasteiger partial charge in [0.15, 0.2) is 5.13 Å². The number of hydrogen-bond acceptors (Lipinski definition) is 7.